The first kappa shape index (κ1) is 10.6. The lowest BCUT2D eigenvalue weighted by Crippen LogP contribution is -2.42. The van der Waals surface area contributed by atoms with E-state index in [0.717, 1.165) is 29.8 Å². The van der Waals surface area contributed by atoms with E-state index in [9.17, 15) is 0 Å². The van der Waals surface area contributed by atoms with Crippen molar-refractivity contribution in [1.29, 1.82) is 0 Å². The van der Waals surface area contributed by atoms with Crippen LogP contribution in [0.1, 0.15) is 25.7 Å². The molecule has 0 radical (unpaired) electrons. The molecule has 1 aliphatic rings. The summed E-state index contributed by atoms with van der Waals surface area (Å²) in [7, 11) is 0. The Morgan fingerprint density at radius 2 is 2.06 bits per heavy atom. The molecule has 4 N–H and O–H groups in total. The van der Waals surface area contributed by atoms with Crippen molar-refractivity contribution >= 4 is 17.0 Å². The van der Waals surface area contributed by atoms with E-state index in [1.165, 1.54) is 12.8 Å². The molecule has 1 heterocycles. The van der Waals surface area contributed by atoms with E-state index in [1.807, 2.05) is 24.3 Å². The van der Waals surface area contributed by atoms with E-state index in [2.05, 4.69) is 15.3 Å². The van der Waals surface area contributed by atoms with Crippen LogP contribution in [0.25, 0.3) is 11.0 Å². The van der Waals surface area contributed by atoms with Crippen LogP contribution in [0.15, 0.2) is 24.3 Å². The monoisotopic (exact) mass is 230 g/mol. The normalized spacial score (nSPS) is 25.0. The van der Waals surface area contributed by atoms with Crippen molar-refractivity contribution in [2.45, 2.75) is 37.8 Å². The molecule has 1 saturated carbocycles. The van der Waals surface area contributed by atoms with E-state index in [4.69, 9.17) is 5.73 Å². The van der Waals surface area contributed by atoms with E-state index >= 15 is 0 Å². The molecule has 4 heteroatoms. The number of imidazole rings is 1. The summed E-state index contributed by atoms with van der Waals surface area (Å²) in [6, 6.07) is 8.66. The van der Waals surface area contributed by atoms with Gasteiger partial charge in [-0.2, -0.15) is 0 Å². The summed E-state index contributed by atoms with van der Waals surface area (Å²) < 4.78 is 0. The van der Waals surface area contributed by atoms with Crippen molar-refractivity contribution in [3.63, 3.8) is 0 Å². The summed E-state index contributed by atoms with van der Waals surface area (Å²) in [5, 5.41) is 3.43. The lowest BCUT2D eigenvalue weighted by atomic mass is 9.91. The minimum Gasteiger partial charge on any atom is -0.352 e. The van der Waals surface area contributed by atoms with Gasteiger partial charge in [-0.15, -0.1) is 0 Å². The quantitative estimate of drug-likeness (QED) is 0.741. The van der Waals surface area contributed by atoms with Crippen LogP contribution in [-0.2, 0) is 0 Å². The zero-order valence-electron chi connectivity index (χ0n) is 9.82. The number of aromatic amines is 1. The highest BCUT2D eigenvalue weighted by Crippen LogP contribution is 2.21. The highest BCUT2D eigenvalue weighted by atomic mass is 15.1. The zero-order chi connectivity index (χ0) is 11.7. The number of hydrogen-bond donors (Lipinski definition) is 3. The summed E-state index contributed by atoms with van der Waals surface area (Å²) in [5.41, 5.74) is 8.19. The number of H-pyrrole nitrogens is 1. The number of para-hydroxylation sites is 2. The fourth-order valence-corrected chi connectivity index (χ4v) is 2.54. The molecule has 1 aromatic heterocycles. The first-order valence-corrected chi connectivity index (χ1v) is 6.30. The largest absolute Gasteiger partial charge is 0.352 e. The molecule has 0 aliphatic heterocycles. The zero-order valence-corrected chi connectivity index (χ0v) is 9.82. The maximum absolute atomic E-state index is 6.12. The second-order valence-corrected chi connectivity index (χ2v) is 4.80. The molecule has 2 aromatic rings. The Bertz CT molecular complexity index is 472. The van der Waals surface area contributed by atoms with E-state index in [0.29, 0.717) is 6.04 Å². The standard InChI is InChI=1S/C13H18N4/c14-9-5-1-2-6-10(9)15-13-16-11-7-3-4-8-12(11)17-13/h3-4,7-10H,1-2,5-6,14H2,(H2,15,16,17). The molecule has 1 fully saturated rings. The molecule has 1 aliphatic carbocycles. The van der Waals surface area contributed by atoms with E-state index in [1.54, 1.807) is 0 Å². The predicted molar refractivity (Wildman–Crippen MR) is 69.9 cm³/mol. The Labute approximate surface area is 101 Å². The van der Waals surface area contributed by atoms with Gasteiger partial charge < -0.3 is 16.0 Å². The highest BCUT2D eigenvalue weighted by molar-refractivity contribution is 5.77. The Hall–Kier alpha value is -1.55. The van der Waals surface area contributed by atoms with Crippen molar-refractivity contribution in [2.24, 2.45) is 5.73 Å². The lowest BCUT2D eigenvalue weighted by molar-refractivity contribution is 0.403. The molecule has 3 rings (SSSR count). The second kappa shape index (κ2) is 4.37. The second-order valence-electron chi connectivity index (χ2n) is 4.80. The van der Waals surface area contributed by atoms with Crippen molar-refractivity contribution in [3.8, 4) is 0 Å². The number of anilines is 1. The van der Waals surface area contributed by atoms with Crippen molar-refractivity contribution < 1.29 is 0 Å². The van der Waals surface area contributed by atoms with Gasteiger partial charge in [-0.3, -0.25) is 0 Å². The summed E-state index contributed by atoms with van der Waals surface area (Å²) >= 11 is 0. The van der Waals surface area contributed by atoms with Gasteiger partial charge in [0.25, 0.3) is 0 Å². The number of nitrogens with zero attached hydrogens (tertiary/aromatic N) is 1. The van der Waals surface area contributed by atoms with Gasteiger partial charge in [0.05, 0.1) is 11.0 Å². The Balaban J connectivity index is 1.79. The van der Waals surface area contributed by atoms with Gasteiger partial charge >= 0.3 is 0 Å². The summed E-state index contributed by atoms with van der Waals surface area (Å²) in [6.07, 6.45) is 4.75. The van der Waals surface area contributed by atoms with Crippen molar-refractivity contribution in [3.05, 3.63) is 24.3 Å². The molecule has 90 valence electrons. The fourth-order valence-electron chi connectivity index (χ4n) is 2.54. The van der Waals surface area contributed by atoms with Gasteiger partial charge in [0.15, 0.2) is 0 Å². The third kappa shape index (κ3) is 2.13. The molecular formula is C13H18N4. The van der Waals surface area contributed by atoms with Gasteiger partial charge in [0.1, 0.15) is 0 Å². The first-order valence-electron chi connectivity index (χ1n) is 6.30. The number of nitrogens with two attached hydrogens (primary N) is 1. The Morgan fingerprint density at radius 1 is 1.24 bits per heavy atom. The molecule has 1 aromatic carbocycles. The minimum absolute atomic E-state index is 0.247. The lowest BCUT2D eigenvalue weighted by Gasteiger charge is -2.29. The Morgan fingerprint density at radius 3 is 2.88 bits per heavy atom. The van der Waals surface area contributed by atoms with Crippen molar-refractivity contribution in [1.82, 2.24) is 9.97 Å². The van der Waals surface area contributed by atoms with Crippen LogP contribution in [0.3, 0.4) is 0 Å². The number of aromatic nitrogens is 2. The van der Waals surface area contributed by atoms with Crippen LogP contribution in [0, 0.1) is 0 Å². The number of hydrogen-bond acceptors (Lipinski definition) is 3. The van der Waals surface area contributed by atoms with Crippen LogP contribution in [0.5, 0.6) is 0 Å². The van der Waals surface area contributed by atoms with Crippen LogP contribution in [0.4, 0.5) is 5.95 Å². The summed E-state index contributed by atoms with van der Waals surface area (Å²) in [6.45, 7) is 0. The van der Waals surface area contributed by atoms with Gasteiger partial charge in [0, 0.05) is 12.1 Å². The maximum atomic E-state index is 6.12. The number of fused-ring (bicyclic) bond motifs is 1. The van der Waals surface area contributed by atoms with Gasteiger partial charge in [-0.1, -0.05) is 25.0 Å². The van der Waals surface area contributed by atoms with Crippen LogP contribution < -0.4 is 11.1 Å². The smallest absolute Gasteiger partial charge is 0.201 e. The maximum Gasteiger partial charge on any atom is 0.201 e. The van der Waals surface area contributed by atoms with Gasteiger partial charge in [0.2, 0.25) is 5.95 Å². The third-order valence-corrected chi connectivity index (χ3v) is 3.53. The average molecular weight is 230 g/mol. The number of nitrogens with one attached hydrogen (secondary N) is 2. The SMILES string of the molecule is NC1CCCCC1Nc1nc2ccccc2[nH]1. The van der Waals surface area contributed by atoms with Gasteiger partial charge in [-0.25, -0.2) is 4.98 Å². The van der Waals surface area contributed by atoms with E-state index in [-0.39, 0.29) is 6.04 Å². The average Bonchev–Trinajstić information content (AvgIpc) is 2.74. The predicted octanol–water partition coefficient (Wildman–Crippen LogP) is 2.24. The molecule has 0 saturated heterocycles. The summed E-state index contributed by atoms with van der Waals surface area (Å²) in [5.74, 6) is 0.841. The Kier molecular flexibility index (Phi) is 2.73. The number of rotatable bonds is 2. The highest BCUT2D eigenvalue weighted by Gasteiger charge is 2.22. The molecule has 0 bridgehead atoms. The molecule has 0 spiro atoms. The van der Waals surface area contributed by atoms with Crippen LogP contribution >= 0.6 is 0 Å². The topological polar surface area (TPSA) is 66.7 Å². The molecule has 2 unspecified atom stereocenters. The molecule has 17 heavy (non-hydrogen) atoms. The van der Waals surface area contributed by atoms with Crippen LogP contribution in [0.2, 0.25) is 0 Å². The molecule has 4 nitrogen and oxygen atoms in total. The molecular weight excluding hydrogens is 212 g/mol. The van der Waals surface area contributed by atoms with Crippen LogP contribution in [-0.4, -0.2) is 22.1 Å². The van der Waals surface area contributed by atoms with Crippen molar-refractivity contribution in [2.75, 3.05) is 5.32 Å². The van der Waals surface area contributed by atoms with E-state index < -0.39 is 0 Å². The third-order valence-electron chi connectivity index (χ3n) is 3.53. The van der Waals surface area contributed by atoms with Gasteiger partial charge in [-0.05, 0) is 25.0 Å². The minimum atomic E-state index is 0.247. The molecule has 0 amide bonds. The first-order chi connectivity index (χ1) is 8.33. The number of benzene rings is 1. The molecule has 2 atom stereocenters. The fraction of sp³-hybridized carbons (Fsp3) is 0.462. The summed E-state index contributed by atoms with van der Waals surface area (Å²) in [4.78, 5) is 7.80.